The summed E-state index contributed by atoms with van der Waals surface area (Å²) in [6.45, 7) is 6.35. The van der Waals surface area contributed by atoms with Crippen LogP contribution in [0.1, 0.15) is 17.3 Å². The van der Waals surface area contributed by atoms with Crippen LogP contribution in [-0.2, 0) is 9.47 Å². The van der Waals surface area contributed by atoms with Crippen molar-refractivity contribution in [3.05, 3.63) is 66.0 Å². The quantitative estimate of drug-likeness (QED) is 0.484. The monoisotopic (exact) mass is 475 g/mol. The SMILES string of the molecule is Cc1cn2cc(-c3ccc(-c4ccc(C5CN(C6COCCOC6)C5)nn4)c(O)c3)cc(F)c2n1. The number of hydrogen-bond acceptors (Lipinski definition) is 7. The summed E-state index contributed by atoms with van der Waals surface area (Å²) in [4.78, 5) is 6.55. The molecular formula is C26H26FN5O3. The number of halogens is 1. The molecule has 35 heavy (non-hydrogen) atoms. The van der Waals surface area contributed by atoms with Crippen LogP contribution < -0.4 is 0 Å². The molecular weight excluding hydrogens is 449 g/mol. The number of benzene rings is 1. The van der Waals surface area contributed by atoms with Gasteiger partial charge in [0, 0.05) is 42.5 Å². The Bertz CT molecular complexity index is 1360. The Balaban J connectivity index is 1.17. The molecule has 1 N–H and O–H groups in total. The lowest BCUT2D eigenvalue weighted by molar-refractivity contribution is 0.0187. The first-order chi connectivity index (χ1) is 17.0. The van der Waals surface area contributed by atoms with Gasteiger partial charge in [-0.15, -0.1) is 0 Å². The van der Waals surface area contributed by atoms with Crippen molar-refractivity contribution in [1.82, 2.24) is 24.5 Å². The Morgan fingerprint density at radius 1 is 0.971 bits per heavy atom. The van der Waals surface area contributed by atoms with Crippen LogP contribution in [0.5, 0.6) is 5.75 Å². The van der Waals surface area contributed by atoms with Crippen LogP contribution in [0, 0.1) is 12.7 Å². The molecule has 180 valence electrons. The zero-order chi connectivity index (χ0) is 23.9. The molecule has 0 spiro atoms. The first-order valence-corrected chi connectivity index (χ1v) is 11.8. The van der Waals surface area contributed by atoms with Crippen LogP contribution in [0.25, 0.3) is 28.0 Å². The van der Waals surface area contributed by atoms with Crippen molar-refractivity contribution in [1.29, 1.82) is 0 Å². The topological polar surface area (TPSA) is 85.0 Å². The van der Waals surface area contributed by atoms with Crippen molar-refractivity contribution >= 4 is 5.65 Å². The average molecular weight is 476 g/mol. The fraction of sp³-hybridized carbons (Fsp3) is 0.346. The number of imidazole rings is 1. The molecule has 0 bridgehead atoms. The van der Waals surface area contributed by atoms with E-state index < -0.39 is 5.82 Å². The maximum atomic E-state index is 14.5. The van der Waals surface area contributed by atoms with Gasteiger partial charge in [-0.2, -0.15) is 10.2 Å². The number of phenolic OH excluding ortho intramolecular Hbond substituents is 1. The second-order valence-electron chi connectivity index (χ2n) is 9.22. The van der Waals surface area contributed by atoms with Gasteiger partial charge in [0.2, 0.25) is 0 Å². The van der Waals surface area contributed by atoms with E-state index in [0.717, 1.165) is 24.5 Å². The number of aryl methyl sites for hydroxylation is 1. The van der Waals surface area contributed by atoms with Gasteiger partial charge in [-0.3, -0.25) is 4.90 Å². The molecule has 0 radical (unpaired) electrons. The lowest BCUT2D eigenvalue weighted by atomic mass is 9.94. The molecule has 8 nitrogen and oxygen atoms in total. The van der Waals surface area contributed by atoms with Gasteiger partial charge < -0.3 is 19.0 Å². The molecule has 3 aromatic heterocycles. The summed E-state index contributed by atoms with van der Waals surface area (Å²) in [5.74, 6) is -0.0169. The number of hydrogen-bond donors (Lipinski definition) is 1. The van der Waals surface area contributed by atoms with Gasteiger partial charge in [0.1, 0.15) is 5.75 Å². The number of likely N-dealkylation sites (tertiary alicyclic amines) is 1. The average Bonchev–Trinajstić information content (AvgIpc) is 3.02. The molecule has 2 fully saturated rings. The van der Waals surface area contributed by atoms with Crippen molar-refractivity contribution in [3.8, 4) is 28.1 Å². The summed E-state index contributed by atoms with van der Waals surface area (Å²) in [6, 6.07) is 10.8. The molecule has 2 aliphatic rings. The van der Waals surface area contributed by atoms with Gasteiger partial charge in [0.05, 0.1) is 49.6 Å². The highest BCUT2D eigenvalue weighted by Crippen LogP contribution is 2.34. The largest absolute Gasteiger partial charge is 0.507 e. The molecule has 0 atom stereocenters. The lowest BCUT2D eigenvalue weighted by Gasteiger charge is -2.43. The van der Waals surface area contributed by atoms with E-state index in [-0.39, 0.29) is 11.4 Å². The van der Waals surface area contributed by atoms with Gasteiger partial charge in [-0.25, -0.2) is 9.37 Å². The summed E-state index contributed by atoms with van der Waals surface area (Å²) in [5.41, 5.74) is 4.48. The molecule has 0 unspecified atom stereocenters. The van der Waals surface area contributed by atoms with Crippen molar-refractivity contribution < 1.29 is 19.0 Å². The molecule has 0 saturated carbocycles. The van der Waals surface area contributed by atoms with Crippen LogP contribution in [0.4, 0.5) is 4.39 Å². The minimum Gasteiger partial charge on any atom is -0.507 e. The molecule has 2 saturated heterocycles. The maximum Gasteiger partial charge on any atom is 0.173 e. The normalized spacial score (nSPS) is 18.0. The van der Waals surface area contributed by atoms with Crippen LogP contribution in [0.3, 0.4) is 0 Å². The number of phenols is 1. The third-order valence-corrected chi connectivity index (χ3v) is 6.76. The highest BCUT2D eigenvalue weighted by molar-refractivity contribution is 5.74. The zero-order valence-electron chi connectivity index (χ0n) is 19.4. The van der Waals surface area contributed by atoms with Gasteiger partial charge in [0.15, 0.2) is 11.5 Å². The highest BCUT2D eigenvalue weighted by atomic mass is 19.1. The molecule has 1 aromatic carbocycles. The van der Waals surface area contributed by atoms with E-state index in [4.69, 9.17) is 9.47 Å². The second kappa shape index (κ2) is 8.99. The van der Waals surface area contributed by atoms with Crippen LogP contribution in [0.15, 0.2) is 48.8 Å². The van der Waals surface area contributed by atoms with Gasteiger partial charge in [-0.1, -0.05) is 6.07 Å². The number of aromatic nitrogens is 4. The van der Waals surface area contributed by atoms with Crippen molar-refractivity contribution in [2.75, 3.05) is 39.5 Å². The van der Waals surface area contributed by atoms with Crippen molar-refractivity contribution in [2.24, 2.45) is 0 Å². The Kier molecular flexibility index (Phi) is 5.68. The number of nitrogens with zero attached hydrogens (tertiary/aromatic N) is 5. The fourth-order valence-corrected chi connectivity index (χ4v) is 4.78. The van der Waals surface area contributed by atoms with Crippen molar-refractivity contribution in [2.45, 2.75) is 18.9 Å². The molecule has 0 aliphatic carbocycles. The van der Waals surface area contributed by atoms with Crippen LogP contribution in [0.2, 0.25) is 0 Å². The molecule has 2 aliphatic heterocycles. The minimum atomic E-state index is -0.408. The number of fused-ring (bicyclic) bond motifs is 1. The number of aromatic hydroxyl groups is 1. The van der Waals surface area contributed by atoms with E-state index in [0.29, 0.717) is 60.8 Å². The molecule has 0 amide bonds. The number of ether oxygens (including phenoxy) is 2. The first kappa shape index (κ1) is 22.1. The zero-order valence-corrected chi connectivity index (χ0v) is 19.4. The summed E-state index contributed by atoms with van der Waals surface area (Å²) in [5, 5.41) is 19.5. The summed E-state index contributed by atoms with van der Waals surface area (Å²) >= 11 is 0. The Morgan fingerprint density at radius 3 is 2.49 bits per heavy atom. The molecule has 4 aromatic rings. The second-order valence-corrected chi connectivity index (χ2v) is 9.22. The number of rotatable bonds is 4. The van der Waals surface area contributed by atoms with E-state index in [2.05, 4.69) is 20.1 Å². The predicted octanol–water partition coefficient (Wildman–Crippen LogP) is 3.43. The van der Waals surface area contributed by atoms with E-state index in [9.17, 15) is 9.50 Å². The summed E-state index contributed by atoms with van der Waals surface area (Å²) < 4.78 is 27.4. The maximum absolute atomic E-state index is 14.5. The number of pyridine rings is 1. The van der Waals surface area contributed by atoms with E-state index in [1.54, 1.807) is 28.9 Å². The van der Waals surface area contributed by atoms with Gasteiger partial charge in [0.25, 0.3) is 0 Å². The third-order valence-electron chi connectivity index (χ3n) is 6.76. The smallest absolute Gasteiger partial charge is 0.173 e. The third kappa shape index (κ3) is 4.27. The highest BCUT2D eigenvalue weighted by Gasteiger charge is 2.35. The van der Waals surface area contributed by atoms with E-state index in [1.807, 2.05) is 25.1 Å². The Hall–Kier alpha value is -3.40. The fourth-order valence-electron chi connectivity index (χ4n) is 4.78. The van der Waals surface area contributed by atoms with E-state index >= 15 is 0 Å². The van der Waals surface area contributed by atoms with E-state index in [1.165, 1.54) is 6.07 Å². The van der Waals surface area contributed by atoms with Gasteiger partial charge in [-0.05, 0) is 42.8 Å². The molecule has 6 rings (SSSR count). The van der Waals surface area contributed by atoms with Gasteiger partial charge >= 0.3 is 0 Å². The van der Waals surface area contributed by atoms with Crippen LogP contribution >= 0.6 is 0 Å². The Labute approximate surface area is 202 Å². The summed E-state index contributed by atoms with van der Waals surface area (Å²) in [6.07, 6.45) is 3.57. The predicted molar refractivity (Wildman–Crippen MR) is 128 cm³/mol. The summed E-state index contributed by atoms with van der Waals surface area (Å²) in [7, 11) is 0. The standard InChI is InChI=1S/C26H26FN5O3/c1-16-10-32-11-18(8-22(27)26(32)28-16)17-2-3-21(25(33)9-17)24-5-4-23(29-30-24)19-12-31(13-19)20-14-34-6-7-35-15-20/h2-5,8-11,19-20,33H,6-7,12-15H2,1H3. The first-order valence-electron chi connectivity index (χ1n) is 11.8. The molecule has 5 heterocycles. The van der Waals surface area contributed by atoms with Crippen molar-refractivity contribution in [3.63, 3.8) is 0 Å². The van der Waals surface area contributed by atoms with Crippen LogP contribution in [-0.4, -0.2) is 75.1 Å². The Morgan fingerprint density at radius 2 is 1.77 bits per heavy atom. The molecule has 9 heteroatoms. The minimum absolute atomic E-state index is 0.0649. The lowest BCUT2D eigenvalue weighted by Crippen LogP contribution is -2.53.